The molecule has 0 spiro atoms. The Balaban J connectivity index is 2.48. The van der Waals surface area contributed by atoms with E-state index in [1.807, 2.05) is 13.8 Å². The second-order valence-electron chi connectivity index (χ2n) is 6.53. The molecule has 0 fully saturated rings. The number of ketones is 2. The molecule has 6 nitrogen and oxygen atoms in total. The molecule has 0 aromatic heterocycles. The summed E-state index contributed by atoms with van der Waals surface area (Å²) in [6.45, 7) is 3.66. The van der Waals surface area contributed by atoms with Gasteiger partial charge in [-0.3, -0.25) is 9.59 Å². The van der Waals surface area contributed by atoms with E-state index in [1.165, 1.54) is 24.3 Å². The summed E-state index contributed by atoms with van der Waals surface area (Å²) >= 11 is 0. The van der Waals surface area contributed by atoms with Crippen molar-refractivity contribution in [3.8, 4) is 23.0 Å². The monoisotopic (exact) mass is 372 g/mol. The van der Waals surface area contributed by atoms with Gasteiger partial charge < -0.3 is 20.4 Å². The molecule has 0 aliphatic heterocycles. The number of aromatic hydroxyl groups is 4. The Labute approximate surface area is 157 Å². The molecule has 6 heteroatoms. The van der Waals surface area contributed by atoms with Crippen molar-refractivity contribution in [1.29, 1.82) is 0 Å². The predicted molar refractivity (Wildman–Crippen MR) is 101 cm³/mol. The van der Waals surface area contributed by atoms with Gasteiger partial charge in [-0.2, -0.15) is 0 Å². The highest BCUT2D eigenvalue weighted by molar-refractivity contribution is 6.00. The number of hydrogen-bond acceptors (Lipinski definition) is 6. The van der Waals surface area contributed by atoms with E-state index in [0.29, 0.717) is 12.8 Å². The minimum Gasteiger partial charge on any atom is -0.508 e. The zero-order chi connectivity index (χ0) is 20.1. The van der Waals surface area contributed by atoms with E-state index in [0.717, 1.165) is 0 Å². The first kappa shape index (κ1) is 20.3. The van der Waals surface area contributed by atoms with Crippen LogP contribution in [0.15, 0.2) is 24.3 Å². The molecular weight excluding hydrogens is 348 g/mol. The molecule has 0 saturated carbocycles. The maximum Gasteiger partial charge on any atom is 0.166 e. The molecule has 0 aliphatic carbocycles. The number of benzene rings is 2. The maximum atomic E-state index is 12.2. The van der Waals surface area contributed by atoms with E-state index < -0.39 is 0 Å². The average molecular weight is 372 g/mol. The molecule has 0 aliphatic rings. The number of phenols is 4. The second-order valence-corrected chi connectivity index (χ2v) is 6.53. The zero-order valence-electron chi connectivity index (χ0n) is 15.5. The quantitative estimate of drug-likeness (QED) is 0.410. The Kier molecular flexibility index (Phi) is 6.45. The minimum atomic E-state index is -0.300. The summed E-state index contributed by atoms with van der Waals surface area (Å²) in [5.74, 6) is -1.55. The van der Waals surface area contributed by atoms with Gasteiger partial charge in [0.2, 0.25) is 0 Å². The summed E-state index contributed by atoms with van der Waals surface area (Å²) in [7, 11) is 0. The Morgan fingerprint density at radius 2 is 1.07 bits per heavy atom. The summed E-state index contributed by atoms with van der Waals surface area (Å²) in [5, 5.41) is 40.7. The van der Waals surface area contributed by atoms with Crippen molar-refractivity contribution >= 4 is 11.6 Å². The third kappa shape index (κ3) is 4.58. The molecular formula is C21H24O6. The van der Waals surface area contributed by atoms with Crippen molar-refractivity contribution in [3.05, 3.63) is 46.5 Å². The van der Waals surface area contributed by atoms with Crippen LogP contribution in [0.3, 0.4) is 0 Å². The van der Waals surface area contributed by atoms with Gasteiger partial charge in [-0.15, -0.1) is 0 Å². The molecule has 4 N–H and O–H groups in total. The smallest absolute Gasteiger partial charge is 0.166 e. The van der Waals surface area contributed by atoms with Crippen molar-refractivity contribution < 1.29 is 30.0 Å². The van der Waals surface area contributed by atoms with Crippen LogP contribution in [0, 0.1) is 0 Å². The van der Waals surface area contributed by atoms with Gasteiger partial charge in [0.25, 0.3) is 0 Å². The van der Waals surface area contributed by atoms with Gasteiger partial charge in [-0.05, 0) is 37.1 Å². The molecule has 0 unspecified atom stereocenters. The van der Waals surface area contributed by atoms with Crippen molar-refractivity contribution in [2.45, 2.75) is 46.0 Å². The van der Waals surface area contributed by atoms with Crippen LogP contribution >= 0.6 is 0 Å². The van der Waals surface area contributed by atoms with Crippen molar-refractivity contribution in [1.82, 2.24) is 0 Å². The summed E-state index contributed by atoms with van der Waals surface area (Å²) in [6.07, 6.45) is 1.57. The van der Waals surface area contributed by atoms with Crippen LogP contribution in [-0.2, 0) is 6.42 Å². The number of carbonyl (C=O) groups excluding carboxylic acids is 2. The molecule has 144 valence electrons. The number of rotatable bonds is 8. The average Bonchev–Trinajstić information content (AvgIpc) is 2.60. The van der Waals surface area contributed by atoms with Crippen LogP contribution in [0.2, 0.25) is 0 Å². The van der Waals surface area contributed by atoms with Crippen molar-refractivity contribution in [2.24, 2.45) is 0 Å². The van der Waals surface area contributed by atoms with E-state index >= 15 is 0 Å². The highest BCUT2D eigenvalue weighted by Gasteiger charge is 2.20. The number of phenolic OH excluding ortho intramolecular Hbond substituents is 4. The lowest BCUT2D eigenvalue weighted by molar-refractivity contribution is 0.0970. The lowest BCUT2D eigenvalue weighted by Crippen LogP contribution is -2.03. The third-order valence-electron chi connectivity index (χ3n) is 4.28. The van der Waals surface area contributed by atoms with E-state index in [2.05, 4.69) is 0 Å². The van der Waals surface area contributed by atoms with E-state index in [1.54, 1.807) is 0 Å². The fourth-order valence-corrected chi connectivity index (χ4v) is 2.98. The van der Waals surface area contributed by atoms with Crippen molar-refractivity contribution in [2.75, 3.05) is 0 Å². The highest BCUT2D eigenvalue weighted by atomic mass is 16.3. The van der Waals surface area contributed by atoms with E-state index in [4.69, 9.17) is 0 Å². The number of carbonyl (C=O) groups is 2. The first-order valence-electron chi connectivity index (χ1n) is 8.94. The van der Waals surface area contributed by atoms with Gasteiger partial charge >= 0.3 is 0 Å². The van der Waals surface area contributed by atoms with Crippen LogP contribution in [0.4, 0.5) is 0 Å². The Bertz CT molecular complexity index is 798. The molecule has 2 aromatic rings. The summed E-state index contributed by atoms with van der Waals surface area (Å²) in [5.41, 5.74) is 0.441. The molecule has 0 radical (unpaired) electrons. The second kappa shape index (κ2) is 8.58. The van der Waals surface area contributed by atoms with Gasteiger partial charge in [0.15, 0.2) is 11.6 Å². The first-order valence-corrected chi connectivity index (χ1v) is 8.94. The minimum absolute atomic E-state index is 0.00813. The van der Waals surface area contributed by atoms with Crippen LogP contribution in [0.25, 0.3) is 0 Å². The lowest BCUT2D eigenvalue weighted by Gasteiger charge is -2.13. The largest absolute Gasteiger partial charge is 0.508 e. The molecule has 0 amide bonds. The van der Waals surface area contributed by atoms with Gasteiger partial charge in [-0.1, -0.05) is 13.8 Å². The lowest BCUT2D eigenvalue weighted by atomic mass is 9.94. The molecule has 0 saturated heterocycles. The Morgan fingerprint density at radius 1 is 0.704 bits per heavy atom. The van der Waals surface area contributed by atoms with Crippen LogP contribution in [-0.4, -0.2) is 32.0 Å². The topological polar surface area (TPSA) is 115 Å². The fourth-order valence-electron chi connectivity index (χ4n) is 2.98. The molecule has 27 heavy (non-hydrogen) atoms. The number of Topliss-reactive ketones (excluding diaryl/α,β-unsaturated/α-hetero) is 2. The molecule has 2 aromatic carbocycles. The van der Waals surface area contributed by atoms with Gasteiger partial charge in [0, 0.05) is 30.4 Å². The summed E-state index contributed by atoms with van der Waals surface area (Å²) in [4.78, 5) is 24.3. The van der Waals surface area contributed by atoms with Crippen molar-refractivity contribution in [3.63, 3.8) is 0 Å². The first-order chi connectivity index (χ1) is 12.8. The highest BCUT2D eigenvalue weighted by Crippen LogP contribution is 2.35. The maximum absolute atomic E-state index is 12.2. The summed E-state index contributed by atoms with van der Waals surface area (Å²) < 4.78 is 0. The SMILES string of the molecule is CCCC(=O)c1cc(O)cc(Cc2cc(O)cc(C(=O)CCC)c2O)c1O. The number of hydrogen-bond donors (Lipinski definition) is 4. The van der Waals surface area contributed by atoms with Gasteiger partial charge in [-0.25, -0.2) is 0 Å². The molecule has 2 rings (SSSR count). The standard InChI is InChI=1S/C21H24O6/c1-3-5-18(24)16-10-14(22)8-12(20(16)26)7-13-9-15(23)11-17(21(13)27)19(25)6-4-2/h8-11,22-23,26-27H,3-7H2,1-2H3. The fraction of sp³-hybridized carbons (Fsp3) is 0.333. The van der Waals surface area contributed by atoms with E-state index in [-0.39, 0.29) is 76.1 Å². The van der Waals surface area contributed by atoms with Gasteiger partial charge in [0.05, 0.1) is 11.1 Å². The Morgan fingerprint density at radius 3 is 1.41 bits per heavy atom. The predicted octanol–water partition coefficient (Wildman–Crippen LogP) is 4.07. The van der Waals surface area contributed by atoms with Gasteiger partial charge in [0.1, 0.15) is 23.0 Å². The zero-order valence-corrected chi connectivity index (χ0v) is 15.5. The third-order valence-corrected chi connectivity index (χ3v) is 4.28. The van der Waals surface area contributed by atoms with Crippen LogP contribution < -0.4 is 0 Å². The van der Waals surface area contributed by atoms with Crippen LogP contribution in [0.5, 0.6) is 23.0 Å². The van der Waals surface area contributed by atoms with E-state index in [9.17, 15) is 30.0 Å². The molecule has 0 heterocycles. The Hall–Kier alpha value is -3.02. The normalized spacial score (nSPS) is 10.7. The summed E-state index contributed by atoms with van der Waals surface area (Å²) in [6, 6.07) is 4.98. The van der Waals surface area contributed by atoms with Crippen LogP contribution in [0.1, 0.15) is 71.4 Å². The molecule has 0 bridgehead atoms. The molecule has 0 atom stereocenters.